The third-order valence-electron chi connectivity index (χ3n) is 2.94. The zero-order valence-electron chi connectivity index (χ0n) is 15.2. The van der Waals surface area contributed by atoms with Crippen molar-refractivity contribution in [3.8, 4) is 0 Å². The number of ether oxygens (including phenoxy) is 6. The molecule has 9 heteroatoms. The van der Waals surface area contributed by atoms with Crippen LogP contribution in [-0.4, -0.2) is 113 Å². The van der Waals surface area contributed by atoms with Gasteiger partial charge in [-0.2, -0.15) is 0 Å². The molecule has 0 aliphatic heterocycles. The summed E-state index contributed by atoms with van der Waals surface area (Å²) in [4.78, 5) is 0. The van der Waals surface area contributed by atoms with Crippen molar-refractivity contribution < 1.29 is 43.7 Å². The zero-order valence-corrected chi connectivity index (χ0v) is 15.2. The molecule has 0 saturated carbocycles. The Morgan fingerprint density at radius 3 is 1.28 bits per heavy atom. The molecule has 152 valence electrons. The van der Waals surface area contributed by atoms with E-state index in [-0.39, 0.29) is 39.6 Å². The van der Waals surface area contributed by atoms with Gasteiger partial charge in [0.15, 0.2) is 0 Å². The lowest BCUT2D eigenvalue weighted by Crippen LogP contribution is -2.41. The Balaban J connectivity index is 4.01. The summed E-state index contributed by atoms with van der Waals surface area (Å²) in [5.41, 5.74) is -0.656. The van der Waals surface area contributed by atoms with Crippen LogP contribution in [-0.2, 0) is 28.4 Å². The molecule has 0 aliphatic carbocycles. The summed E-state index contributed by atoms with van der Waals surface area (Å²) in [6, 6.07) is 0. The molecule has 9 nitrogen and oxygen atoms in total. The van der Waals surface area contributed by atoms with E-state index in [1.54, 1.807) is 0 Å². The van der Waals surface area contributed by atoms with E-state index in [1.165, 1.54) is 0 Å². The van der Waals surface area contributed by atoms with Crippen molar-refractivity contribution in [2.24, 2.45) is 0 Å². The van der Waals surface area contributed by atoms with Gasteiger partial charge < -0.3 is 43.7 Å². The van der Waals surface area contributed by atoms with Gasteiger partial charge in [-0.3, -0.25) is 0 Å². The Kier molecular flexibility index (Phi) is 18.2. The predicted octanol–water partition coefficient (Wildman–Crippen LogP) is -1.18. The van der Waals surface area contributed by atoms with Crippen LogP contribution in [0.4, 0.5) is 0 Å². The SMILES string of the molecule is CC(COCCOCCO)(COCCOCCO)OCCOCCO. The number of aliphatic hydroxyl groups excluding tert-OH is 3. The summed E-state index contributed by atoms with van der Waals surface area (Å²) >= 11 is 0. The van der Waals surface area contributed by atoms with Gasteiger partial charge in [-0.15, -0.1) is 0 Å². The Morgan fingerprint density at radius 2 is 0.880 bits per heavy atom. The fourth-order valence-corrected chi connectivity index (χ4v) is 1.78. The Morgan fingerprint density at radius 1 is 0.520 bits per heavy atom. The zero-order chi connectivity index (χ0) is 18.6. The minimum Gasteiger partial charge on any atom is -0.394 e. The lowest BCUT2D eigenvalue weighted by molar-refractivity contribution is -0.141. The average Bonchev–Trinajstić information content (AvgIpc) is 2.61. The fourth-order valence-electron chi connectivity index (χ4n) is 1.78. The fraction of sp³-hybridized carbons (Fsp3) is 1.00. The highest BCUT2D eigenvalue weighted by molar-refractivity contribution is 4.74. The Bertz CT molecular complexity index is 250. The molecule has 0 saturated heterocycles. The van der Waals surface area contributed by atoms with Gasteiger partial charge in [0.25, 0.3) is 0 Å². The number of aliphatic hydroxyl groups is 3. The highest BCUT2D eigenvalue weighted by atomic mass is 16.6. The second-order valence-electron chi connectivity index (χ2n) is 5.41. The molecule has 0 spiro atoms. The predicted molar refractivity (Wildman–Crippen MR) is 89.7 cm³/mol. The second-order valence-corrected chi connectivity index (χ2v) is 5.41. The van der Waals surface area contributed by atoms with E-state index < -0.39 is 5.60 Å². The molecular weight excluding hydrogens is 336 g/mol. The van der Waals surface area contributed by atoms with Crippen LogP contribution in [0, 0.1) is 0 Å². The van der Waals surface area contributed by atoms with Crippen molar-refractivity contribution >= 4 is 0 Å². The minimum absolute atomic E-state index is 0.0130. The van der Waals surface area contributed by atoms with Gasteiger partial charge >= 0.3 is 0 Å². The van der Waals surface area contributed by atoms with Crippen molar-refractivity contribution in [2.75, 3.05) is 92.5 Å². The largest absolute Gasteiger partial charge is 0.394 e. The molecule has 3 N–H and O–H groups in total. The van der Waals surface area contributed by atoms with Crippen LogP contribution < -0.4 is 0 Å². The maximum absolute atomic E-state index is 8.67. The first-order valence-electron chi connectivity index (χ1n) is 8.54. The van der Waals surface area contributed by atoms with Gasteiger partial charge in [0.2, 0.25) is 0 Å². The highest BCUT2D eigenvalue weighted by Crippen LogP contribution is 2.12. The van der Waals surface area contributed by atoms with Gasteiger partial charge in [-0.25, -0.2) is 0 Å². The van der Waals surface area contributed by atoms with Gasteiger partial charge in [0.1, 0.15) is 5.60 Å². The lowest BCUT2D eigenvalue weighted by Gasteiger charge is -2.29. The van der Waals surface area contributed by atoms with Crippen molar-refractivity contribution in [1.82, 2.24) is 0 Å². The average molecular weight is 370 g/mol. The van der Waals surface area contributed by atoms with Crippen molar-refractivity contribution in [3.63, 3.8) is 0 Å². The van der Waals surface area contributed by atoms with Crippen LogP contribution in [0.25, 0.3) is 0 Å². The molecule has 25 heavy (non-hydrogen) atoms. The first-order chi connectivity index (χ1) is 12.2. The van der Waals surface area contributed by atoms with Crippen LogP contribution in [0.2, 0.25) is 0 Å². The number of hydrogen-bond donors (Lipinski definition) is 3. The maximum atomic E-state index is 8.67. The quantitative estimate of drug-likeness (QED) is 0.228. The Hall–Kier alpha value is -0.360. The number of rotatable bonds is 20. The van der Waals surface area contributed by atoms with Crippen molar-refractivity contribution in [2.45, 2.75) is 12.5 Å². The Labute approximate surface area is 149 Å². The third kappa shape index (κ3) is 16.8. The normalized spacial score (nSPS) is 12.0. The van der Waals surface area contributed by atoms with Gasteiger partial charge in [-0.05, 0) is 6.92 Å². The molecule has 0 rings (SSSR count). The molecule has 0 aliphatic rings. The molecule has 0 heterocycles. The number of hydrogen-bond acceptors (Lipinski definition) is 9. The van der Waals surface area contributed by atoms with E-state index in [9.17, 15) is 0 Å². The molecule has 0 aromatic heterocycles. The summed E-state index contributed by atoms with van der Waals surface area (Å²) in [5, 5.41) is 25.9. The van der Waals surface area contributed by atoms with E-state index >= 15 is 0 Å². The molecular formula is C16H34O9. The van der Waals surface area contributed by atoms with Gasteiger partial charge in [0, 0.05) is 0 Å². The van der Waals surface area contributed by atoms with E-state index in [0.29, 0.717) is 52.9 Å². The van der Waals surface area contributed by atoms with Crippen LogP contribution in [0.5, 0.6) is 0 Å². The first kappa shape index (κ1) is 24.6. The lowest BCUT2D eigenvalue weighted by atomic mass is 10.1. The summed E-state index contributed by atoms with van der Waals surface area (Å²) in [6.45, 7) is 5.59. The summed E-state index contributed by atoms with van der Waals surface area (Å²) in [6.07, 6.45) is 0. The minimum atomic E-state index is -0.656. The molecule has 0 fully saturated rings. The summed E-state index contributed by atoms with van der Waals surface area (Å²) in [7, 11) is 0. The molecule has 0 bridgehead atoms. The highest BCUT2D eigenvalue weighted by Gasteiger charge is 2.26. The molecule has 0 atom stereocenters. The summed E-state index contributed by atoms with van der Waals surface area (Å²) in [5.74, 6) is 0. The molecule has 0 radical (unpaired) electrons. The van der Waals surface area contributed by atoms with Crippen LogP contribution in [0.15, 0.2) is 0 Å². The summed E-state index contributed by atoms with van der Waals surface area (Å²) < 4.78 is 32.4. The maximum Gasteiger partial charge on any atom is 0.112 e. The second kappa shape index (κ2) is 18.4. The molecule has 0 amide bonds. The monoisotopic (exact) mass is 370 g/mol. The van der Waals surface area contributed by atoms with Crippen LogP contribution in [0.3, 0.4) is 0 Å². The molecule has 0 aromatic rings. The first-order valence-corrected chi connectivity index (χ1v) is 8.54. The topological polar surface area (TPSA) is 116 Å². The molecule has 0 unspecified atom stereocenters. The van der Waals surface area contributed by atoms with Gasteiger partial charge in [0.05, 0.1) is 92.5 Å². The van der Waals surface area contributed by atoms with Gasteiger partial charge in [-0.1, -0.05) is 0 Å². The van der Waals surface area contributed by atoms with E-state index in [0.717, 1.165) is 0 Å². The van der Waals surface area contributed by atoms with Crippen LogP contribution >= 0.6 is 0 Å². The van der Waals surface area contributed by atoms with E-state index in [4.69, 9.17) is 43.7 Å². The standard InChI is InChI=1S/C16H34O9/c1-16(25-13-12-22-7-4-19,14-23-10-8-20-5-2-17)15-24-11-9-21-6-3-18/h17-19H,2-15H2,1H3. The third-order valence-corrected chi connectivity index (χ3v) is 2.94. The van der Waals surface area contributed by atoms with Crippen LogP contribution in [0.1, 0.15) is 6.92 Å². The van der Waals surface area contributed by atoms with E-state index in [1.807, 2.05) is 6.92 Å². The van der Waals surface area contributed by atoms with Crippen molar-refractivity contribution in [1.29, 1.82) is 0 Å². The van der Waals surface area contributed by atoms with Crippen molar-refractivity contribution in [3.05, 3.63) is 0 Å². The van der Waals surface area contributed by atoms with E-state index in [2.05, 4.69) is 0 Å². The molecule has 0 aromatic carbocycles. The smallest absolute Gasteiger partial charge is 0.112 e.